The molecule has 7 nitrogen and oxygen atoms in total. The van der Waals surface area contributed by atoms with Gasteiger partial charge in [0.05, 0.1) is 22.5 Å². The fourth-order valence-electron chi connectivity index (χ4n) is 1.61. The van der Waals surface area contributed by atoms with E-state index in [0.29, 0.717) is 12.1 Å². The predicted octanol–water partition coefficient (Wildman–Crippen LogP) is -0.632. The van der Waals surface area contributed by atoms with E-state index in [1.165, 1.54) is 0 Å². The van der Waals surface area contributed by atoms with Crippen LogP contribution in [0.15, 0.2) is 29.2 Å². The van der Waals surface area contributed by atoms with Crippen LogP contribution in [0.3, 0.4) is 0 Å². The van der Waals surface area contributed by atoms with E-state index >= 15 is 0 Å². The highest BCUT2D eigenvalue weighted by Gasteiger charge is 2.32. The lowest BCUT2D eigenvalue weighted by atomic mass is 10.2. The second-order valence-corrected chi connectivity index (χ2v) is 6.24. The molecule has 0 heterocycles. The number of halogens is 3. The zero-order chi connectivity index (χ0) is 17.8. The normalized spacial score (nSPS) is 13.5. The molecule has 1 rings (SSSR count). The summed E-state index contributed by atoms with van der Waals surface area (Å²) in [5.41, 5.74) is 3.62. The van der Waals surface area contributed by atoms with Crippen molar-refractivity contribution in [2.24, 2.45) is 5.73 Å². The van der Waals surface area contributed by atoms with Crippen LogP contribution in [0.4, 0.5) is 13.2 Å². The number of nitrogens with two attached hydrogens (primary N) is 1. The van der Waals surface area contributed by atoms with E-state index in [1.54, 1.807) is 4.72 Å². The minimum absolute atomic E-state index is 0.364. The van der Waals surface area contributed by atoms with E-state index in [2.05, 4.69) is 0 Å². The third kappa shape index (κ3) is 5.53. The molecule has 0 aliphatic heterocycles. The largest absolute Gasteiger partial charge is 0.548 e. The Morgan fingerprint density at radius 1 is 1.30 bits per heavy atom. The second-order valence-electron chi connectivity index (χ2n) is 4.52. The zero-order valence-electron chi connectivity index (χ0n) is 11.5. The molecule has 0 bridgehead atoms. The second kappa shape index (κ2) is 6.96. The van der Waals surface area contributed by atoms with Crippen LogP contribution in [0.2, 0.25) is 0 Å². The topological polar surface area (TPSA) is 129 Å². The van der Waals surface area contributed by atoms with Crippen LogP contribution in [-0.4, -0.2) is 26.3 Å². The summed E-state index contributed by atoms with van der Waals surface area (Å²) in [7, 11) is -4.56. The van der Waals surface area contributed by atoms with Crippen LogP contribution in [0.25, 0.3) is 0 Å². The van der Waals surface area contributed by atoms with E-state index in [-0.39, 0.29) is 0 Å². The summed E-state index contributed by atoms with van der Waals surface area (Å²) >= 11 is 0. The van der Waals surface area contributed by atoms with Gasteiger partial charge in [-0.2, -0.15) is 13.2 Å². The van der Waals surface area contributed by atoms with Crippen molar-refractivity contribution < 1.29 is 36.3 Å². The molecule has 1 amide bonds. The van der Waals surface area contributed by atoms with Gasteiger partial charge in [-0.3, -0.25) is 4.79 Å². The highest BCUT2D eigenvalue weighted by molar-refractivity contribution is 7.89. The molecule has 1 aromatic carbocycles. The molecular formula is C12H12F3N2O5S-. The molecule has 0 aromatic heterocycles. The van der Waals surface area contributed by atoms with Crippen molar-refractivity contribution in [3.8, 4) is 0 Å². The van der Waals surface area contributed by atoms with Crippen LogP contribution in [0, 0.1) is 0 Å². The number of alkyl halides is 3. The van der Waals surface area contributed by atoms with E-state index in [0.717, 1.165) is 12.1 Å². The Morgan fingerprint density at radius 2 is 1.91 bits per heavy atom. The SMILES string of the molecule is NC(=O)CC[C@@H](NS(=O)(=O)c1cccc(C(F)(F)F)c1)C(=O)[O-]. The lowest BCUT2D eigenvalue weighted by Crippen LogP contribution is -2.48. The van der Waals surface area contributed by atoms with Crippen molar-refractivity contribution in [2.75, 3.05) is 0 Å². The molecule has 11 heteroatoms. The molecule has 0 unspecified atom stereocenters. The summed E-state index contributed by atoms with van der Waals surface area (Å²) in [5.74, 6) is -2.70. The van der Waals surface area contributed by atoms with Gasteiger partial charge in [0.2, 0.25) is 15.9 Å². The van der Waals surface area contributed by atoms with Crippen molar-refractivity contribution in [3.63, 3.8) is 0 Å². The van der Waals surface area contributed by atoms with Gasteiger partial charge < -0.3 is 15.6 Å². The standard InChI is InChI=1S/C12H13F3N2O5S/c13-12(14,15)7-2-1-3-8(6-7)23(21,22)17-9(11(19)20)4-5-10(16)18/h1-3,6,9,17H,4-5H2,(H2,16,18)(H,19,20)/p-1/t9-/m1/s1. The average molecular weight is 353 g/mol. The Labute approximate surface area is 129 Å². The number of carboxylic acids is 1. The Hall–Kier alpha value is -2.14. The molecule has 1 atom stereocenters. The van der Waals surface area contributed by atoms with E-state index in [9.17, 15) is 36.3 Å². The van der Waals surface area contributed by atoms with Crippen molar-refractivity contribution in [1.82, 2.24) is 4.72 Å². The van der Waals surface area contributed by atoms with Crippen molar-refractivity contribution >= 4 is 21.9 Å². The molecule has 0 fully saturated rings. The number of carbonyl (C=O) groups excluding carboxylic acids is 2. The number of carboxylic acid groups (broad SMARTS) is 1. The van der Waals surface area contributed by atoms with Crippen molar-refractivity contribution in [1.29, 1.82) is 0 Å². The summed E-state index contributed by atoms with van der Waals surface area (Å²) in [4.78, 5) is 20.7. The van der Waals surface area contributed by atoms with Gasteiger partial charge >= 0.3 is 6.18 Å². The molecule has 23 heavy (non-hydrogen) atoms. The summed E-state index contributed by atoms with van der Waals surface area (Å²) in [6, 6.07) is 0.972. The number of aliphatic carboxylic acids is 1. The first-order chi connectivity index (χ1) is 10.4. The third-order valence-electron chi connectivity index (χ3n) is 2.73. The summed E-state index contributed by atoms with van der Waals surface area (Å²) in [5, 5.41) is 10.9. The number of hydrogen-bond acceptors (Lipinski definition) is 5. The van der Waals surface area contributed by atoms with E-state index < -0.39 is 57.4 Å². The number of sulfonamides is 1. The Kier molecular flexibility index (Phi) is 5.72. The first-order valence-corrected chi connectivity index (χ1v) is 7.60. The molecule has 128 valence electrons. The maximum Gasteiger partial charge on any atom is 0.416 e. The maximum absolute atomic E-state index is 12.6. The van der Waals surface area contributed by atoms with Gasteiger partial charge in [0, 0.05) is 6.42 Å². The number of primary amides is 1. The Balaban J connectivity index is 3.06. The van der Waals surface area contributed by atoms with Crippen molar-refractivity contribution in [2.45, 2.75) is 30.0 Å². The van der Waals surface area contributed by atoms with E-state index in [4.69, 9.17) is 5.73 Å². The first-order valence-electron chi connectivity index (χ1n) is 6.12. The molecular weight excluding hydrogens is 341 g/mol. The van der Waals surface area contributed by atoms with Crippen LogP contribution in [0.5, 0.6) is 0 Å². The number of amides is 1. The summed E-state index contributed by atoms with van der Waals surface area (Å²) in [6.07, 6.45) is -5.69. The predicted molar refractivity (Wildman–Crippen MR) is 69.0 cm³/mol. The Morgan fingerprint density at radius 3 is 2.39 bits per heavy atom. The van der Waals surface area contributed by atoms with Gasteiger partial charge in [-0.25, -0.2) is 13.1 Å². The molecule has 3 N–H and O–H groups in total. The Bertz CT molecular complexity index is 703. The quantitative estimate of drug-likeness (QED) is 0.674. The van der Waals surface area contributed by atoms with Gasteiger partial charge in [-0.15, -0.1) is 0 Å². The van der Waals surface area contributed by atoms with Crippen LogP contribution >= 0.6 is 0 Å². The number of benzene rings is 1. The summed E-state index contributed by atoms with van der Waals surface area (Å²) < 4.78 is 63.4. The highest BCUT2D eigenvalue weighted by Crippen LogP contribution is 2.30. The van der Waals surface area contributed by atoms with Crippen LogP contribution in [0.1, 0.15) is 18.4 Å². The fourth-order valence-corrected chi connectivity index (χ4v) is 2.87. The van der Waals surface area contributed by atoms with Crippen LogP contribution in [-0.2, 0) is 25.8 Å². The van der Waals surface area contributed by atoms with Gasteiger partial charge in [0.1, 0.15) is 0 Å². The van der Waals surface area contributed by atoms with Gasteiger partial charge in [0.15, 0.2) is 0 Å². The molecule has 0 radical (unpaired) electrons. The van der Waals surface area contributed by atoms with Crippen molar-refractivity contribution in [3.05, 3.63) is 29.8 Å². The van der Waals surface area contributed by atoms with Crippen LogP contribution < -0.4 is 15.6 Å². The summed E-state index contributed by atoms with van der Waals surface area (Å²) in [6.45, 7) is 0. The third-order valence-corrected chi connectivity index (χ3v) is 4.20. The van der Waals surface area contributed by atoms with Gasteiger partial charge in [-0.05, 0) is 24.6 Å². The molecule has 0 saturated heterocycles. The minimum atomic E-state index is -4.76. The highest BCUT2D eigenvalue weighted by atomic mass is 32.2. The van der Waals surface area contributed by atoms with Gasteiger partial charge in [-0.1, -0.05) is 6.07 Å². The molecule has 0 spiro atoms. The maximum atomic E-state index is 12.6. The van der Waals surface area contributed by atoms with E-state index in [1.807, 2.05) is 0 Å². The number of carbonyl (C=O) groups is 2. The zero-order valence-corrected chi connectivity index (χ0v) is 12.3. The molecule has 0 aliphatic carbocycles. The monoisotopic (exact) mass is 353 g/mol. The van der Waals surface area contributed by atoms with Gasteiger partial charge in [0.25, 0.3) is 0 Å². The number of nitrogens with one attached hydrogen (secondary N) is 1. The minimum Gasteiger partial charge on any atom is -0.548 e. The number of rotatable bonds is 7. The lowest BCUT2D eigenvalue weighted by molar-refractivity contribution is -0.308. The average Bonchev–Trinajstić information content (AvgIpc) is 2.42. The first kappa shape index (κ1) is 18.9. The smallest absolute Gasteiger partial charge is 0.416 e. The molecule has 1 aromatic rings. The number of hydrogen-bond donors (Lipinski definition) is 2. The molecule has 0 aliphatic rings. The lowest BCUT2D eigenvalue weighted by Gasteiger charge is -2.19. The fraction of sp³-hybridized carbons (Fsp3) is 0.333. The molecule has 0 saturated carbocycles.